The van der Waals surface area contributed by atoms with Gasteiger partial charge in [0.15, 0.2) is 0 Å². The highest BCUT2D eigenvalue weighted by molar-refractivity contribution is 6.03. The number of rotatable bonds is 3. The second-order valence-corrected chi connectivity index (χ2v) is 2.59. The lowest BCUT2D eigenvalue weighted by molar-refractivity contribution is 0.0650. The zero-order valence-corrected chi connectivity index (χ0v) is 7.30. The van der Waals surface area contributed by atoms with Crippen molar-refractivity contribution in [3.63, 3.8) is 0 Å². The summed E-state index contributed by atoms with van der Waals surface area (Å²) >= 11 is 0. The first-order chi connectivity index (χ1) is 6.93. The van der Waals surface area contributed by atoms with Crippen molar-refractivity contribution < 1.29 is 24.6 Å². The van der Waals surface area contributed by atoms with E-state index in [0.717, 1.165) is 12.3 Å². The van der Waals surface area contributed by atoms with E-state index in [4.69, 9.17) is 15.9 Å². The van der Waals surface area contributed by atoms with Gasteiger partial charge in [0.05, 0.1) is 11.1 Å². The molecule has 0 aliphatic heterocycles. The Hall–Kier alpha value is -2.44. The summed E-state index contributed by atoms with van der Waals surface area (Å²) in [7, 11) is 0. The number of nitrogens with zero attached hydrogens (tertiary/aromatic N) is 1. The van der Waals surface area contributed by atoms with Crippen molar-refractivity contribution in [2.45, 2.75) is 0 Å². The number of aromatic nitrogens is 1. The number of pyridine rings is 1. The van der Waals surface area contributed by atoms with E-state index in [9.17, 15) is 14.4 Å². The first kappa shape index (κ1) is 10.6. The molecule has 1 rings (SSSR count). The van der Waals surface area contributed by atoms with Crippen LogP contribution in [0.4, 0.5) is 0 Å². The minimum Gasteiger partial charge on any atom is -0.478 e. The Morgan fingerprint density at radius 3 is 2.07 bits per heavy atom. The maximum absolute atomic E-state index is 10.7. The molecule has 0 aliphatic carbocycles. The number of hydrogen-bond donors (Lipinski definition) is 3. The molecule has 0 aromatic carbocycles. The van der Waals surface area contributed by atoms with Gasteiger partial charge in [-0.2, -0.15) is 0 Å². The van der Waals surface area contributed by atoms with Crippen molar-refractivity contribution in [1.82, 2.24) is 4.98 Å². The molecule has 1 heterocycles. The normalized spacial score (nSPS) is 9.60. The highest BCUT2D eigenvalue weighted by Gasteiger charge is 2.18. The summed E-state index contributed by atoms with van der Waals surface area (Å²) in [5.74, 6) is -3.82. The Morgan fingerprint density at radius 1 is 1.13 bits per heavy atom. The molecule has 0 saturated carbocycles. The van der Waals surface area contributed by atoms with Gasteiger partial charge in [-0.15, -0.1) is 0 Å². The second-order valence-electron chi connectivity index (χ2n) is 2.59. The molecular formula is C8H6N2O5. The first-order valence-corrected chi connectivity index (χ1v) is 3.70. The number of carboxylic acids is 2. The van der Waals surface area contributed by atoms with Crippen molar-refractivity contribution >= 4 is 17.8 Å². The van der Waals surface area contributed by atoms with Gasteiger partial charge in [0.1, 0.15) is 5.69 Å². The molecule has 4 N–H and O–H groups in total. The lowest BCUT2D eigenvalue weighted by Crippen LogP contribution is -2.16. The molecular weight excluding hydrogens is 204 g/mol. The van der Waals surface area contributed by atoms with E-state index in [-0.39, 0.29) is 5.69 Å². The Labute approximate surface area is 83.2 Å². The number of aromatic carboxylic acids is 2. The molecule has 1 amide bonds. The van der Waals surface area contributed by atoms with Crippen LogP contribution in [0.25, 0.3) is 0 Å². The summed E-state index contributed by atoms with van der Waals surface area (Å²) in [4.78, 5) is 35.3. The van der Waals surface area contributed by atoms with E-state index >= 15 is 0 Å². The molecule has 0 unspecified atom stereocenters. The van der Waals surface area contributed by atoms with Crippen molar-refractivity contribution in [2.75, 3.05) is 0 Å². The van der Waals surface area contributed by atoms with Crippen molar-refractivity contribution in [1.29, 1.82) is 0 Å². The molecule has 0 fully saturated rings. The van der Waals surface area contributed by atoms with Gasteiger partial charge in [0.25, 0.3) is 5.91 Å². The van der Waals surface area contributed by atoms with E-state index in [1.165, 1.54) is 0 Å². The molecule has 1 aromatic heterocycles. The van der Waals surface area contributed by atoms with Crippen molar-refractivity contribution in [3.8, 4) is 0 Å². The van der Waals surface area contributed by atoms with Crippen LogP contribution in [0.1, 0.15) is 31.2 Å². The summed E-state index contributed by atoms with van der Waals surface area (Å²) in [5, 5.41) is 17.3. The number of carbonyl (C=O) groups excluding carboxylic acids is 1. The van der Waals surface area contributed by atoms with Gasteiger partial charge in [0, 0.05) is 6.20 Å². The molecule has 0 spiro atoms. The van der Waals surface area contributed by atoms with Crippen LogP contribution in [0.3, 0.4) is 0 Å². The minimum absolute atomic E-state index is 0.294. The molecule has 1 aromatic rings. The van der Waals surface area contributed by atoms with Gasteiger partial charge < -0.3 is 15.9 Å². The van der Waals surface area contributed by atoms with Crippen LogP contribution in [0.15, 0.2) is 12.3 Å². The molecule has 0 radical (unpaired) electrons. The standard InChI is InChI=1S/C8H6N2O5/c9-6(11)5-1-3(7(12)13)4(2-10-5)8(14)15/h1-2H,(H2,9,11)(H,12,13)(H,14,15). The summed E-state index contributed by atoms with van der Waals surface area (Å²) in [6.45, 7) is 0. The topological polar surface area (TPSA) is 131 Å². The summed E-state index contributed by atoms with van der Waals surface area (Å²) in [6.07, 6.45) is 0.784. The predicted octanol–water partition coefficient (Wildman–Crippen LogP) is -0.423. The largest absolute Gasteiger partial charge is 0.478 e. The maximum atomic E-state index is 10.7. The maximum Gasteiger partial charge on any atom is 0.338 e. The monoisotopic (exact) mass is 210 g/mol. The third-order valence-electron chi connectivity index (χ3n) is 1.62. The number of carboxylic acid groups (broad SMARTS) is 2. The first-order valence-electron chi connectivity index (χ1n) is 3.70. The molecule has 7 nitrogen and oxygen atoms in total. The number of carbonyl (C=O) groups is 3. The van der Waals surface area contributed by atoms with Gasteiger partial charge >= 0.3 is 11.9 Å². The van der Waals surface area contributed by atoms with Crippen LogP contribution in [0.5, 0.6) is 0 Å². The molecule has 7 heteroatoms. The van der Waals surface area contributed by atoms with Crippen LogP contribution in [-0.4, -0.2) is 33.0 Å². The number of nitrogens with two attached hydrogens (primary N) is 1. The lowest BCUT2D eigenvalue weighted by Gasteiger charge is -2.01. The van der Waals surface area contributed by atoms with Crippen LogP contribution in [0.2, 0.25) is 0 Å². The fourth-order valence-electron chi connectivity index (χ4n) is 0.937. The second kappa shape index (κ2) is 3.74. The Balaban J connectivity index is 3.40. The van der Waals surface area contributed by atoms with Gasteiger partial charge in [-0.3, -0.25) is 9.78 Å². The zero-order chi connectivity index (χ0) is 11.6. The number of primary amides is 1. The fourth-order valence-corrected chi connectivity index (χ4v) is 0.937. The van der Waals surface area contributed by atoms with Gasteiger partial charge in [-0.25, -0.2) is 9.59 Å². The summed E-state index contributed by atoms with van der Waals surface area (Å²) < 4.78 is 0. The van der Waals surface area contributed by atoms with Gasteiger partial charge in [-0.05, 0) is 6.07 Å². The average molecular weight is 210 g/mol. The number of hydrogen-bond acceptors (Lipinski definition) is 4. The van der Waals surface area contributed by atoms with Gasteiger partial charge in [0.2, 0.25) is 0 Å². The molecule has 0 saturated heterocycles. The molecule has 0 aliphatic rings. The van der Waals surface area contributed by atoms with E-state index in [1.54, 1.807) is 0 Å². The molecule has 0 bridgehead atoms. The highest BCUT2D eigenvalue weighted by atomic mass is 16.4. The molecule has 15 heavy (non-hydrogen) atoms. The SMILES string of the molecule is NC(=O)c1cc(C(=O)O)c(C(=O)O)cn1. The van der Waals surface area contributed by atoms with E-state index in [2.05, 4.69) is 4.98 Å². The van der Waals surface area contributed by atoms with Crippen LogP contribution < -0.4 is 5.73 Å². The lowest BCUT2D eigenvalue weighted by atomic mass is 10.1. The number of amides is 1. The summed E-state index contributed by atoms with van der Waals surface area (Å²) in [5.41, 5.74) is 3.56. The van der Waals surface area contributed by atoms with Crippen molar-refractivity contribution in [2.24, 2.45) is 5.73 Å². The quantitative estimate of drug-likeness (QED) is 0.620. The van der Waals surface area contributed by atoms with Crippen LogP contribution in [0, 0.1) is 0 Å². The summed E-state index contributed by atoms with van der Waals surface area (Å²) in [6, 6.07) is 0.827. The Bertz CT molecular complexity index is 454. The van der Waals surface area contributed by atoms with Crippen LogP contribution in [-0.2, 0) is 0 Å². The third-order valence-corrected chi connectivity index (χ3v) is 1.62. The fraction of sp³-hybridized carbons (Fsp3) is 0. The molecule has 0 atom stereocenters. The highest BCUT2D eigenvalue weighted by Crippen LogP contribution is 2.09. The van der Waals surface area contributed by atoms with Crippen LogP contribution >= 0.6 is 0 Å². The smallest absolute Gasteiger partial charge is 0.338 e. The van der Waals surface area contributed by atoms with E-state index in [1.807, 2.05) is 0 Å². The molecule has 78 valence electrons. The van der Waals surface area contributed by atoms with Gasteiger partial charge in [-0.1, -0.05) is 0 Å². The Morgan fingerprint density at radius 2 is 1.67 bits per heavy atom. The van der Waals surface area contributed by atoms with Crippen molar-refractivity contribution in [3.05, 3.63) is 29.1 Å². The van der Waals surface area contributed by atoms with E-state index in [0.29, 0.717) is 0 Å². The Kier molecular flexibility index (Phi) is 2.65. The van der Waals surface area contributed by atoms with E-state index < -0.39 is 29.0 Å². The average Bonchev–Trinajstić information content (AvgIpc) is 2.16. The third kappa shape index (κ3) is 2.08. The zero-order valence-electron chi connectivity index (χ0n) is 7.30. The predicted molar refractivity (Wildman–Crippen MR) is 46.7 cm³/mol. The minimum atomic E-state index is -1.46.